The molecular weight excluding hydrogens is 304 g/mol. The molecule has 3 N–H and O–H groups in total. The molecule has 3 aromatic heterocycles. The molecule has 0 bridgehead atoms. The SMILES string of the molecule is CC(=O)NCc1nnc[nH]c1=O.Cc1ncc2c(=O)[nH]cnn12. The Kier molecular flexibility index (Phi) is 4.92. The third kappa shape index (κ3) is 4.06. The van der Waals surface area contributed by atoms with E-state index in [-0.39, 0.29) is 29.3 Å². The maximum absolute atomic E-state index is 11.0. The first-order valence-corrected chi connectivity index (χ1v) is 6.50. The number of fused-ring (bicyclic) bond motifs is 1. The van der Waals surface area contributed by atoms with Crippen LogP contribution in [0, 0.1) is 6.92 Å². The van der Waals surface area contributed by atoms with E-state index in [1.807, 2.05) is 0 Å². The van der Waals surface area contributed by atoms with Crippen molar-refractivity contribution in [3.05, 3.63) is 51.1 Å². The Balaban J connectivity index is 0.000000167. The predicted octanol–water partition coefficient (Wildman–Crippen LogP) is -1.47. The van der Waals surface area contributed by atoms with Crippen LogP contribution in [0.3, 0.4) is 0 Å². The van der Waals surface area contributed by atoms with Crippen LogP contribution < -0.4 is 16.4 Å². The van der Waals surface area contributed by atoms with Gasteiger partial charge in [0.25, 0.3) is 11.1 Å². The number of carbonyl (C=O) groups is 1. The molecule has 0 spiro atoms. The zero-order chi connectivity index (χ0) is 16.8. The van der Waals surface area contributed by atoms with Gasteiger partial charge in [-0.3, -0.25) is 14.4 Å². The summed E-state index contributed by atoms with van der Waals surface area (Å²) in [6.07, 6.45) is 4.05. The van der Waals surface area contributed by atoms with Crippen molar-refractivity contribution in [3.8, 4) is 0 Å². The maximum Gasteiger partial charge on any atom is 0.276 e. The minimum atomic E-state index is -0.334. The van der Waals surface area contributed by atoms with Crippen LogP contribution in [0.5, 0.6) is 0 Å². The molecule has 3 heterocycles. The summed E-state index contributed by atoms with van der Waals surface area (Å²) in [6.45, 7) is 3.27. The summed E-state index contributed by atoms with van der Waals surface area (Å²) in [6, 6.07) is 0. The second-order valence-electron chi connectivity index (χ2n) is 4.39. The summed E-state index contributed by atoms with van der Waals surface area (Å²) in [4.78, 5) is 41.2. The zero-order valence-corrected chi connectivity index (χ0v) is 12.4. The molecule has 3 aromatic rings. The third-order valence-electron chi connectivity index (χ3n) is 2.71. The second kappa shape index (κ2) is 7.06. The maximum atomic E-state index is 11.0. The molecule has 1 amide bonds. The second-order valence-corrected chi connectivity index (χ2v) is 4.39. The van der Waals surface area contributed by atoms with Crippen molar-refractivity contribution in [1.29, 1.82) is 0 Å². The number of amides is 1. The lowest BCUT2D eigenvalue weighted by Gasteiger charge is -1.97. The molecule has 11 heteroatoms. The molecular formula is C12H14N8O3. The van der Waals surface area contributed by atoms with Gasteiger partial charge in [-0.05, 0) is 6.92 Å². The highest BCUT2D eigenvalue weighted by Crippen LogP contribution is 1.94. The van der Waals surface area contributed by atoms with Crippen molar-refractivity contribution < 1.29 is 4.79 Å². The van der Waals surface area contributed by atoms with Crippen LogP contribution in [0.2, 0.25) is 0 Å². The number of aryl methyl sites for hydroxylation is 1. The standard InChI is InChI=1S/C6H8N4O2.C6H6N4O/c1-4(11)7-2-5-6(12)8-3-9-10-5;1-4-7-2-5-6(11)8-3-9-10(4)5/h3H,2H2,1H3,(H,7,11)(H,8,9,12);2-3H,1H3,(H,8,9,11). The van der Waals surface area contributed by atoms with E-state index in [2.05, 4.69) is 35.6 Å². The molecule has 0 aromatic carbocycles. The van der Waals surface area contributed by atoms with Crippen molar-refractivity contribution in [2.45, 2.75) is 20.4 Å². The summed E-state index contributed by atoms with van der Waals surface area (Å²) in [5.41, 5.74) is 0.178. The van der Waals surface area contributed by atoms with Gasteiger partial charge in [0.2, 0.25) is 5.91 Å². The number of nitrogens with zero attached hydrogens (tertiary/aromatic N) is 5. The Morgan fingerprint density at radius 1 is 1.26 bits per heavy atom. The summed E-state index contributed by atoms with van der Waals surface area (Å²) in [5, 5.41) is 13.3. The molecule has 0 aliphatic rings. The fourth-order valence-electron chi connectivity index (χ4n) is 1.60. The number of carbonyl (C=O) groups excluding carboxylic acids is 1. The third-order valence-corrected chi connectivity index (χ3v) is 2.71. The van der Waals surface area contributed by atoms with Crippen molar-refractivity contribution in [2.24, 2.45) is 0 Å². The lowest BCUT2D eigenvalue weighted by molar-refractivity contribution is -0.119. The van der Waals surface area contributed by atoms with Gasteiger partial charge in [0, 0.05) is 6.92 Å². The highest BCUT2D eigenvalue weighted by Gasteiger charge is 2.01. The van der Waals surface area contributed by atoms with E-state index in [4.69, 9.17) is 0 Å². The van der Waals surface area contributed by atoms with E-state index in [1.54, 1.807) is 6.92 Å². The van der Waals surface area contributed by atoms with Crippen molar-refractivity contribution >= 4 is 11.4 Å². The molecule has 23 heavy (non-hydrogen) atoms. The van der Waals surface area contributed by atoms with Gasteiger partial charge >= 0.3 is 0 Å². The summed E-state index contributed by atoms with van der Waals surface area (Å²) in [7, 11) is 0. The average Bonchev–Trinajstić information content (AvgIpc) is 2.90. The van der Waals surface area contributed by atoms with Crippen LogP contribution >= 0.6 is 0 Å². The highest BCUT2D eigenvalue weighted by atomic mass is 16.1. The minimum absolute atomic E-state index is 0.110. The van der Waals surface area contributed by atoms with Gasteiger partial charge in [0.1, 0.15) is 24.2 Å². The van der Waals surface area contributed by atoms with Gasteiger partial charge in [-0.25, -0.2) is 9.50 Å². The zero-order valence-electron chi connectivity index (χ0n) is 12.4. The number of aromatic nitrogens is 7. The number of imidazole rings is 1. The van der Waals surface area contributed by atoms with Gasteiger partial charge in [0.05, 0.1) is 12.7 Å². The molecule has 0 fully saturated rings. The average molecular weight is 318 g/mol. The van der Waals surface area contributed by atoms with E-state index in [0.29, 0.717) is 11.3 Å². The number of hydrogen-bond acceptors (Lipinski definition) is 7. The largest absolute Gasteiger partial charge is 0.350 e. The molecule has 3 rings (SSSR count). The van der Waals surface area contributed by atoms with E-state index < -0.39 is 0 Å². The molecule has 0 saturated heterocycles. The van der Waals surface area contributed by atoms with E-state index >= 15 is 0 Å². The molecule has 0 unspecified atom stereocenters. The molecule has 0 aliphatic heterocycles. The van der Waals surface area contributed by atoms with Gasteiger partial charge in [-0.2, -0.15) is 5.10 Å². The molecule has 0 atom stereocenters. The number of nitrogens with one attached hydrogen (secondary N) is 3. The van der Waals surface area contributed by atoms with Crippen LogP contribution in [0.4, 0.5) is 0 Å². The van der Waals surface area contributed by atoms with Crippen molar-refractivity contribution in [2.75, 3.05) is 0 Å². The monoisotopic (exact) mass is 318 g/mol. The van der Waals surface area contributed by atoms with E-state index in [9.17, 15) is 14.4 Å². The Morgan fingerprint density at radius 3 is 2.65 bits per heavy atom. The number of hydrogen-bond donors (Lipinski definition) is 3. The van der Waals surface area contributed by atoms with Crippen LogP contribution in [-0.4, -0.2) is 40.7 Å². The Morgan fingerprint density at radius 2 is 2.00 bits per heavy atom. The lowest BCUT2D eigenvalue weighted by Crippen LogP contribution is -2.26. The van der Waals surface area contributed by atoms with E-state index in [1.165, 1.54) is 30.3 Å². The molecule has 120 valence electrons. The van der Waals surface area contributed by atoms with Crippen LogP contribution in [-0.2, 0) is 11.3 Å². The topological polar surface area (TPSA) is 151 Å². The van der Waals surface area contributed by atoms with E-state index in [0.717, 1.165) is 0 Å². The normalized spacial score (nSPS) is 10.0. The fraction of sp³-hybridized carbons (Fsp3) is 0.250. The minimum Gasteiger partial charge on any atom is -0.350 e. The van der Waals surface area contributed by atoms with Gasteiger partial charge in [-0.15, -0.1) is 10.2 Å². The smallest absolute Gasteiger partial charge is 0.276 e. The number of aromatic amines is 2. The Hall–Kier alpha value is -3.37. The van der Waals surface area contributed by atoms with Crippen LogP contribution in [0.1, 0.15) is 18.4 Å². The predicted molar refractivity (Wildman–Crippen MR) is 78.5 cm³/mol. The highest BCUT2D eigenvalue weighted by molar-refractivity contribution is 5.72. The molecule has 0 aliphatic carbocycles. The first-order valence-electron chi connectivity index (χ1n) is 6.50. The number of H-pyrrole nitrogens is 2. The van der Waals surface area contributed by atoms with Crippen molar-refractivity contribution in [3.63, 3.8) is 0 Å². The molecule has 0 radical (unpaired) electrons. The van der Waals surface area contributed by atoms with Crippen LogP contribution in [0.25, 0.3) is 5.52 Å². The van der Waals surface area contributed by atoms with Gasteiger partial charge in [-0.1, -0.05) is 0 Å². The molecule has 11 nitrogen and oxygen atoms in total. The Bertz CT molecular complexity index is 925. The van der Waals surface area contributed by atoms with Crippen LogP contribution in [0.15, 0.2) is 28.4 Å². The first kappa shape index (κ1) is 16.0. The molecule has 0 saturated carbocycles. The first-order chi connectivity index (χ1) is 11.0. The number of rotatable bonds is 2. The van der Waals surface area contributed by atoms with Crippen molar-refractivity contribution in [1.82, 2.24) is 40.1 Å². The fourth-order valence-corrected chi connectivity index (χ4v) is 1.60. The summed E-state index contributed by atoms with van der Waals surface area (Å²) in [5.74, 6) is 0.506. The van der Waals surface area contributed by atoms with Gasteiger partial charge in [0.15, 0.2) is 5.52 Å². The summed E-state index contributed by atoms with van der Waals surface area (Å²) >= 11 is 0. The summed E-state index contributed by atoms with van der Waals surface area (Å²) < 4.78 is 1.50. The lowest BCUT2D eigenvalue weighted by atomic mass is 10.4. The Labute approximate surface area is 128 Å². The quantitative estimate of drug-likeness (QED) is 0.521. The van der Waals surface area contributed by atoms with Gasteiger partial charge < -0.3 is 15.3 Å².